The number of rotatable bonds is 7. The monoisotopic (exact) mass is 273 g/mol. The van der Waals surface area contributed by atoms with E-state index in [-0.39, 0.29) is 0 Å². The van der Waals surface area contributed by atoms with Crippen molar-refractivity contribution in [1.29, 1.82) is 0 Å². The molecule has 0 fully saturated rings. The fourth-order valence-corrected chi connectivity index (χ4v) is 2.33. The molecule has 108 valence electrons. The van der Waals surface area contributed by atoms with E-state index in [0.29, 0.717) is 6.04 Å². The van der Waals surface area contributed by atoms with Gasteiger partial charge in [-0.05, 0) is 24.1 Å². The number of nitrogens with zero attached hydrogens (tertiary/aromatic N) is 2. The second-order valence-corrected chi connectivity index (χ2v) is 4.89. The minimum absolute atomic E-state index is 0.376. The number of aromatic nitrogens is 2. The van der Waals surface area contributed by atoms with Crippen LogP contribution in [0.15, 0.2) is 36.7 Å². The molecule has 0 aliphatic carbocycles. The van der Waals surface area contributed by atoms with Crippen molar-refractivity contribution < 1.29 is 4.74 Å². The molecule has 0 amide bonds. The molecule has 0 saturated carbocycles. The van der Waals surface area contributed by atoms with Gasteiger partial charge in [-0.1, -0.05) is 19.1 Å². The molecule has 1 N–H and O–H groups in total. The summed E-state index contributed by atoms with van der Waals surface area (Å²) in [5.74, 6) is 2.01. The molecule has 1 unspecified atom stereocenters. The molecule has 2 rings (SSSR count). The zero-order valence-electron chi connectivity index (χ0n) is 12.5. The van der Waals surface area contributed by atoms with Gasteiger partial charge in [0, 0.05) is 38.4 Å². The van der Waals surface area contributed by atoms with Crippen LogP contribution in [0.1, 0.15) is 30.8 Å². The van der Waals surface area contributed by atoms with Crippen LogP contribution < -0.4 is 10.1 Å². The van der Waals surface area contributed by atoms with Gasteiger partial charge in [-0.3, -0.25) is 0 Å². The predicted octanol–water partition coefficient (Wildman–Crippen LogP) is 2.71. The van der Waals surface area contributed by atoms with Gasteiger partial charge in [0.2, 0.25) is 0 Å². The van der Waals surface area contributed by atoms with E-state index in [9.17, 15) is 0 Å². The Kier molecular flexibility index (Phi) is 5.18. The quantitative estimate of drug-likeness (QED) is 0.843. The van der Waals surface area contributed by atoms with Gasteiger partial charge in [-0.25, -0.2) is 4.98 Å². The fraction of sp³-hybridized carbons (Fsp3) is 0.438. The highest BCUT2D eigenvalue weighted by Gasteiger charge is 2.09. The molecule has 1 aromatic heterocycles. The van der Waals surface area contributed by atoms with Gasteiger partial charge in [0.15, 0.2) is 0 Å². The average molecular weight is 273 g/mol. The van der Waals surface area contributed by atoms with Crippen molar-refractivity contribution in [2.24, 2.45) is 7.05 Å². The summed E-state index contributed by atoms with van der Waals surface area (Å²) in [6.45, 7) is 3.12. The summed E-state index contributed by atoms with van der Waals surface area (Å²) in [6.07, 6.45) is 5.83. The fourth-order valence-electron chi connectivity index (χ4n) is 2.33. The van der Waals surface area contributed by atoms with Gasteiger partial charge in [0.25, 0.3) is 0 Å². The third kappa shape index (κ3) is 3.61. The van der Waals surface area contributed by atoms with Gasteiger partial charge in [-0.15, -0.1) is 0 Å². The highest BCUT2D eigenvalue weighted by molar-refractivity contribution is 5.29. The summed E-state index contributed by atoms with van der Waals surface area (Å²) in [7, 11) is 3.72. The Bertz CT molecular complexity index is 519. The largest absolute Gasteiger partial charge is 0.497 e. The molecule has 20 heavy (non-hydrogen) atoms. The molecule has 1 aromatic carbocycles. The van der Waals surface area contributed by atoms with Crippen molar-refractivity contribution in [2.75, 3.05) is 13.7 Å². The van der Waals surface area contributed by atoms with Crippen LogP contribution >= 0.6 is 0 Å². The van der Waals surface area contributed by atoms with E-state index in [2.05, 4.69) is 33.9 Å². The molecule has 0 radical (unpaired) electrons. The van der Waals surface area contributed by atoms with E-state index in [0.717, 1.165) is 31.0 Å². The molecule has 0 aliphatic heterocycles. The lowest BCUT2D eigenvalue weighted by molar-refractivity contribution is 0.414. The van der Waals surface area contributed by atoms with E-state index < -0.39 is 0 Å². The van der Waals surface area contributed by atoms with Crippen LogP contribution in [0, 0.1) is 0 Å². The first-order valence-electron chi connectivity index (χ1n) is 7.08. The standard InChI is InChI=1S/C16H23N3O/c1-4-15(13-5-7-14(20-3)8-6-13)17-10-9-16-18-11-12-19(16)2/h5-8,11-12,15,17H,4,9-10H2,1-3H3. The Balaban J connectivity index is 1.89. The molecule has 0 aliphatic rings. The Morgan fingerprint density at radius 2 is 2.05 bits per heavy atom. The molecule has 0 bridgehead atoms. The zero-order chi connectivity index (χ0) is 14.4. The summed E-state index contributed by atoms with van der Waals surface area (Å²) in [5.41, 5.74) is 1.30. The number of hydrogen-bond acceptors (Lipinski definition) is 3. The van der Waals surface area contributed by atoms with Crippen molar-refractivity contribution >= 4 is 0 Å². The normalized spacial score (nSPS) is 12.3. The number of benzene rings is 1. The van der Waals surface area contributed by atoms with Crippen LogP contribution in [0.3, 0.4) is 0 Å². The van der Waals surface area contributed by atoms with Crippen molar-refractivity contribution in [1.82, 2.24) is 14.9 Å². The molecule has 4 heteroatoms. The molecule has 1 atom stereocenters. The SMILES string of the molecule is CCC(NCCc1nccn1C)c1ccc(OC)cc1. The highest BCUT2D eigenvalue weighted by Crippen LogP contribution is 2.19. The Morgan fingerprint density at radius 1 is 1.30 bits per heavy atom. The van der Waals surface area contributed by atoms with Crippen LogP contribution in [0.25, 0.3) is 0 Å². The topological polar surface area (TPSA) is 39.1 Å². The molecular weight excluding hydrogens is 250 g/mol. The second-order valence-electron chi connectivity index (χ2n) is 4.89. The number of nitrogens with one attached hydrogen (secondary N) is 1. The van der Waals surface area contributed by atoms with E-state index in [1.807, 2.05) is 31.6 Å². The van der Waals surface area contributed by atoms with Crippen LogP contribution in [0.4, 0.5) is 0 Å². The minimum atomic E-state index is 0.376. The third-order valence-corrected chi connectivity index (χ3v) is 3.59. The van der Waals surface area contributed by atoms with Crippen LogP contribution in [0.2, 0.25) is 0 Å². The van der Waals surface area contributed by atoms with Gasteiger partial charge in [0.05, 0.1) is 7.11 Å². The highest BCUT2D eigenvalue weighted by atomic mass is 16.5. The zero-order valence-corrected chi connectivity index (χ0v) is 12.5. The van der Waals surface area contributed by atoms with Crippen molar-refractivity contribution in [2.45, 2.75) is 25.8 Å². The Morgan fingerprint density at radius 3 is 2.60 bits per heavy atom. The molecule has 2 aromatic rings. The first kappa shape index (κ1) is 14.6. The average Bonchev–Trinajstić information content (AvgIpc) is 2.89. The molecular formula is C16H23N3O. The van der Waals surface area contributed by atoms with Crippen molar-refractivity contribution in [3.63, 3.8) is 0 Å². The summed E-state index contributed by atoms with van der Waals surface area (Å²) in [6, 6.07) is 8.65. The maximum atomic E-state index is 5.19. The number of ether oxygens (including phenoxy) is 1. The van der Waals surface area contributed by atoms with Crippen LogP contribution in [-0.2, 0) is 13.5 Å². The summed E-state index contributed by atoms with van der Waals surface area (Å²) >= 11 is 0. The summed E-state index contributed by atoms with van der Waals surface area (Å²) in [5, 5.41) is 3.59. The number of imidazole rings is 1. The lowest BCUT2D eigenvalue weighted by Crippen LogP contribution is -2.24. The Labute approximate surface area is 120 Å². The second kappa shape index (κ2) is 7.10. The molecule has 4 nitrogen and oxygen atoms in total. The van der Waals surface area contributed by atoms with E-state index in [1.165, 1.54) is 5.56 Å². The van der Waals surface area contributed by atoms with Crippen molar-refractivity contribution in [3.8, 4) is 5.75 Å². The summed E-state index contributed by atoms with van der Waals surface area (Å²) < 4.78 is 7.26. The predicted molar refractivity (Wildman–Crippen MR) is 80.9 cm³/mol. The smallest absolute Gasteiger partial charge is 0.118 e. The lowest BCUT2D eigenvalue weighted by Gasteiger charge is -2.17. The first-order chi connectivity index (χ1) is 9.74. The molecule has 1 heterocycles. The third-order valence-electron chi connectivity index (χ3n) is 3.59. The van der Waals surface area contributed by atoms with E-state index >= 15 is 0 Å². The summed E-state index contributed by atoms with van der Waals surface area (Å²) in [4.78, 5) is 4.34. The first-order valence-corrected chi connectivity index (χ1v) is 7.08. The minimum Gasteiger partial charge on any atom is -0.497 e. The van der Waals surface area contributed by atoms with Gasteiger partial charge < -0.3 is 14.6 Å². The molecule has 0 saturated heterocycles. The lowest BCUT2D eigenvalue weighted by atomic mass is 10.0. The van der Waals surface area contributed by atoms with Crippen molar-refractivity contribution in [3.05, 3.63) is 48.0 Å². The maximum absolute atomic E-state index is 5.19. The van der Waals surface area contributed by atoms with E-state index in [1.54, 1.807) is 7.11 Å². The number of aryl methyl sites for hydroxylation is 1. The van der Waals surface area contributed by atoms with Gasteiger partial charge in [0.1, 0.15) is 11.6 Å². The number of methoxy groups -OCH3 is 1. The van der Waals surface area contributed by atoms with Gasteiger partial charge >= 0.3 is 0 Å². The Hall–Kier alpha value is -1.81. The van der Waals surface area contributed by atoms with E-state index in [4.69, 9.17) is 4.74 Å². The molecule has 0 spiro atoms. The van der Waals surface area contributed by atoms with Crippen LogP contribution in [0.5, 0.6) is 5.75 Å². The van der Waals surface area contributed by atoms with Gasteiger partial charge in [-0.2, -0.15) is 0 Å². The maximum Gasteiger partial charge on any atom is 0.118 e. The number of hydrogen-bond donors (Lipinski definition) is 1. The van der Waals surface area contributed by atoms with Crippen LogP contribution in [-0.4, -0.2) is 23.2 Å².